The van der Waals surface area contributed by atoms with Crippen LogP contribution in [0.5, 0.6) is 0 Å². The van der Waals surface area contributed by atoms with Crippen molar-refractivity contribution in [2.45, 2.75) is 26.7 Å². The highest BCUT2D eigenvalue weighted by molar-refractivity contribution is 5.93. The second kappa shape index (κ2) is 8.13. The zero-order valence-electron chi connectivity index (χ0n) is 14.1. The minimum Gasteiger partial charge on any atom is -0.369 e. The maximum atomic E-state index is 12.4. The number of anilines is 1. The van der Waals surface area contributed by atoms with E-state index in [1.54, 1.807) is 11.1 Å². The molecule has 1 aromatic heterocycles. The van der Waals surface area contributed by atoms with Crippen LogP contribution in [0.15, 0.2) is 18.3 Å². The van der Waals surface area contributed by atoms with Crippen molar-refractivity contribution >= 4 is 11.6 Å². The Bertz CT molecular complexity index is 483. The van der Waals surface area contributed by atoms with E-state index in [0.29, 0.717) is 5.69 Å². The largest absolute Gasteiger partial charge is 0.369 e. The van der Waals surface area contributed by atoms with Gasteiger partial charge in [0, 0.05) is 51.7 Å². The van der Waals surface area contributed by atoms with Gasteiger partial charge in [-0.15, -0.1) is 0 Å². The maximum Gasteiger partial charge on any atom is 0.272 e. The lowest BCUT2D eigenvalue weighted by Crippen LogP contribution is -2.46. The van der Waals surface area contributed by atoms with E-state index in [2.05, 4.69) is 28.6 Å². The van der Waals surface area contributed by atoms with E-state index >= 15 is 0 Å². The fraction of sp³-hybridized carbons (Fsp3) is 0.647. The zero-order chi connectivity index (χ0) is 15.9. The number of likely N-dealkylation sites (N-methyl/N-ethyl adjacent to an activating group) is 1. The maximum absolute atomic E-state index is 12.4. The molecule has 122 valence electrons. The molecule has 0 saturated carbocycles. The predicted molar refractivity (Wildman–Crippen MR) is 90.4 cm³/mol. The van der Waals surface area contributed by atoms with Gasteiger partial charge in [0.05, 0.1) is 0 Å². The third-order valence-corrected chi connectivity index (χ3v) is 4.34. The van der Waals surface area contributed by atoms with E-state index in [1.807, 2.05) is 19.2 Å². The smallest absolute Gasteiger partial charge is 0.272 e. The fourth-order valence-corrected chi connectivity index (χ4v) is 2.75. The minimum absolute atomic E-state index is 0.0162. The Balaban J connectivity index is 2.02. The molecular formula is C17H28N4O. The highest BCUT2D eigenvalue weighted by Crippen LogP contribution is 2.17. The number of carbonyl (C=O) groups is 1. The van der Waals surface area contributed by atoms with Crippen molar-refractivity contribution in [2.75, 3.05) is 51.2 Å². The molecule has 1 saturated heterocycles. The summed E-state index contributed by atoms with van der Waals surface area (Å²) >= 11 is 0. The SMILES string of the molecule is CCCCN(C)C(=O)c1cc(N2CCN(CC)CC2)ccn1. The van der Waals surface area contributed by atoms with Gasteiger partial charge in [-0.25, -0.2) is 0 Å². The summed E-state index contributed by atoms with van der Waals surface area (Å²) in [5.41, 5.74) is 1.66. The van der Waals surface area contributed by atoms with E-state index in [0.717, 1.165) is 57.8 Å². The summed E-state index contributed by atoms with van der Waals surface area (Å²) in [5.74, 6) is 0.0162. The Hall–Kier alpha value is -1.62. The highest BCUT2D eigenvalue weighted by atomic mass is 16.2. The lowest BCUT2D eigenvalue weighted by atomic mass is 10.2. The summed E-state index contributed by atoms with van der Waals surface area (Å²) in [6.07, 6.45) is 3.87. The van der Waals surface area contributed by atoms with Gasteiger partial charge in [-0.3, -0.25) is 9.78 Å². The van der Waals surface area contributed by atoms with Gasteiger partial charge in [0.25, 0.3) is 5.91 Å². The molecule has 0 aromatic carbocycles. The molecule has 2 rings (SSSR count). The Labute approximate surface area is 133 Å². The third-order valence-electron chi connectivity index (χ3n) is 4.34. The lowest BCUT2D eigenvalue weighted by Gasteiger charge is -2.35. The van der Waals surface area contributed by atoms with Crippen LogP contribution in [0.2, 0.25) is 0 Å². The molecule has 1 amide bonds. The van der Waals surface area contributed by atoms with Crippen molar-refractivity contribution in [3.05, 3.63) is 24.0 Å². The molecule has 1 aliphatic rings. The third kappa shape index (κ3) is 4.19. The molecular weight excluding hydrogens is 276 g/mol. The number of aromatic nitrogens is 1. The van der Waals surface area contributed by atoms with Gasteiger partial charge in [-0.2, -0.15) is 0 Å². The summed E-state index contributed by atoms with van der Waals surface area (Å²) in [6.45, 7) is 10.4. The van der Waals surface area contributed by atoms with Crippen LogP contribution in [-0.4, -0.2) is 67.0 Å². The molecule has 5 nitrogen and oxygen atoms in total. The lowest BCUT2D eigenvalue weighted by molar-refractivity contribution is 0.0787. The van der Waals surface area contributed by atoms with Crippen molar-refractivity contribution in [3.8, 4) is 0 Å². The number of pyridine rings is 1. The first-order valence-corrected chi connectivity index (χ1v) is 8.34. The van der Waals surface area contributed by atoms with Crippen molar-refractivity contribution in [3.63, 3.8) is 0 Å². The average Bonchev–Trinajstić information content (AvgIpc) is 2.59. The summed E-state index contributed by atoms with van der Waals surface area (Å²) in [4.78, 5) is 23.2. The number of amides is 1. The first kappa shape index (κ1) is 16.7. The van der Waals surface area contributed by atoms with Crippen LogP contribution in [-0.2, 0) is 0 Å². The van der Waals surface area contributed by atoms with Gasteiger partial charge >= 0.3 is 0 Å². The second-order valence-electron chi connectivity index (χ2n) is 5.90. The molecule has 1 fully saturated rings. The van der Waals surface area contributed by atoms with Crippen LogP contribution >= 0.6 is 0 Å². The molecule has 0 radical (unpaired) electrons. The van der Waals surface area contributed by atoms with E-state index < -0.39 is 0 Å². The van der Waals surface area contributed by atoms with E-state index in [-0.39, 0.29) is 5.91 Å². The number of nitrogens with zero attached hydrogens (tertiary/aromatic N) is 4. The number of carbonyl (C=O) groups excluding carboxylic acids is 1. The first-order chi connectivity index (χ1) is 10.7. The van der Waals surface area contributed by atoms with Crippen LogP contribution in [0.3, 0.4) is 0 Å². The Kier molecular flexibility index (Phi) is 6.19. The summed E-state index contributed by atoms with van der Waals surface area (Å²) in [5, 5.41) is 0. The van der Waals surface area contributed by atoms with E-state index in [1.165, 1.54) is 0 Å². The molecule has 0 aliphatic carbocycles. The van der Waals surface area contributed by atoms with Crippen LogP contribution in [0, 0.1) is 0 Å². The number of hydrogen-bond donors (Lipinski definition) is 0. The Morgan fingerprint density at radius 1 is 1.27 bits per heavy atom. The molecule has 1 aromatic rings. The normalized spacial score (nSPS) is 15.9. The van der Waals surface area contributed by atoms with Gasteiger partial charge < -0.3 is 14.7 Å². The summed E-state index contributed by atoms with van der Waals surface area (Å²) < 4.78 is 0. The number of piperazine rings is 1. The first-order valence-electron chi connectivity index (χ1n) is 8.34. The van der Waals surface area contributed by atoms with Gasteiger partial charge in [0.2, 0.25) is 0 Å². The average molecular weight is 304 g/mol. The topological polar surface area (TPSA) is 39.7 Å². The molecule has 0 atom stereocenters. The van der Waals surface area contributed by atoms with E-state index in [9.17, 15) is 4.79 Å². The summed E-state index contributed by atoms with van der Waals surface area (Å²) in [6, 6.07) is 3.94. The molecule has 22 heavy (non-hydrogen) atoms. The molecule has 0 N–H and O–H groups in total. The number of hydrogen-bond acceptors (Lipinski definition) is 4. The van der Waals surface area contributed by atoms with Crippen LogP contribution < -0.4 is 4.90 Å². The molecule has 5 heteroatoms. The summed E-state index contributed by atoms with van der Waals surface area (Å²) in [7, 11) is 1.85. The number of rotatable bonds is 6. The van der Waals surface area contributed by atoms with Crippen LogP contribution in [0.25, 0.3) is 0 Å². The fourth-order valence-electron chi connectivity index (χ4n) is 2.75. The van der Waals surface area contributed by atoms with Gasteiger partial charge in [0.1, 0.15) is 5.69 Å². The number of unbranched alkanes of at least 4 members (excludes halogenated alkanes) is 1. The van der Waals surface area contributed by atoms with E-state index in [4.69, 9.17) is 0 Å². The Morgan fingerprint density at radius 3 is 2.64 bits per heavy atom. The molecule has 0 unspecified atom stereocenters. The standard InChI is InChI=1S/C17H28N4O/c1-4-6-9-19(3)17(22)16-14-15(7-8-18-16)21-12-10-20(5-2)11-13-21/h7-8,14H,4-6,9-13H2,1-3H3. The molecule has 0 spiro atoms. The minimum atomic E-state index is 0.0162. The van der Waals surface area contributed by atoms with Crippen molar-refractivity contribution in [1.29, 1.82) is 0 Å². The second-order valence-corrected chi connectivity index (χ2v) is 5.90. The van der Waals surface area contributed by atoms with Crippen molar-refractivity contribution in [1.82, 2.24) is 14.8 Å². The molecule has 0 bridgehead atoms. The van der Waals surface area contributed by atoms with Crippen molar-refractivity contribution in [2.24, 2.45) is 0 Å². The quantitative estimate of drug-likeness (QED) is 0.807. The zero-order valence-corrected chi connectivity index (χ0v) is 14.1. The van der Waals surface area contributed by atoms with Crippen LogP contribution in [0.4, 0.5) is 5.69 Å². The van der Waals surface area contributed by atoms with Gasteiger partial charge in [-0.1, -0.05) is 20.3 Å². The molecule has 2 heterocycles. The predicted octanol–water partition coefficient (Wildman–Crippen LogP) is 2.10. The van der Waals surface area contributed by atoms with Crippen molar-refractivity contribution < 1.29 is 4.79 Å². The van der Waals surface area contributed by atoms with Crippen LogP contribution in [0.1, 0.15) is 37.2 Å². The Morgan fingerprint density at radius 2 is 2.00 bits per heavy atom. The van der Waals surface area contributed by atoms with Gasteiger partial charge in [-0.05, 0) is 25.1 Å². The monoisotopic (exact) mass is 304 g/mol. The highest BCUT2D eigenvalue weighted by Gasteiger charge is 2.18. The molecule has 1 aliphatic heterocycles. The van der Waals surface area contributed by atoms with Gasteiger partial charge in [0.15, 0.2) is 0 Å².